The summed E-state index contributed by atoms with van der Waals surface area (Å²) in [5, 5.41) is 14.4. The molecule has 2 atom stereocenters. The molecule has 0 aromatic rings. The van der Waals surface area contributed by atoms with Crippen LogP contribution in [0.5, 0.6) is 0 Å². The lowest BCUT2D eigenvalue weighted by molar-refractivity contribution is -0.125. The normalized spacial score (nSPS) is 14.9. The second-order valence-corrected chi connectivity index (χ2v) is 6.17. The van der Waals surface area contributed by atoms with Crippen molar-refractivity contribution in [3.8, 4) is 0 Å². The molecule has 0 spiro atoms. The molecule has 19 heavy (non-hydrogen) atoms. The van der Waals surface area contributed by atoms with E-state index in [9.17, 15) is 9.59 Å². The third-order valence-corrected chi connectivity index (χ3v) is 3.03. The zero-order chi connectivity index (χ0) is 15.2. The third kappa shape index (κ3) is 6.42. The van der Waals surface area contributed by atoms with Crippen molar-refractivity contribution in [1.82, 2.24) is 10.6 Å². The molecule has 0 aliphatic rings. The highest BCUT2D eigenvalue weighted by atomic mass is 16.3. The Hall–Kier alpha value is -1.30. The lowest BCUT2D eigenvalue weighted by atomic mass is 9.84. The maximum absolute atomic E-state index is 12.2. The summed E-state index contributed by atoms with van der Waals surface area (Å²) in [4.78, 5) is 23.1. The van der Waals surface area contributed by atoms with Gasteiger partial charge in [-0.2, -0.15) is 0 Å². The van der Waals surface area contributed by atoms with E-state index in [-0.39, 0.29) is 29.9 Å². The van der Waals surface area contributed by atoms with Gasteiger partial charge in [-0.25, -0.2) is 4.79 Å². The van der Waals surface area contributed by atoms with Crippen molar-refractivity contribution < 1.29 is 14.7 Å². The number of amides is 3. The van der Waals surface area contributed by atoms with Crippen molar-refractivity contribution in [1.29, 1.82) is 0 Å². The number of carbonyl (C=O) groups excluding carboxylic acids is 2. The standard InChI is InChI=1S/C13H27N3O3/c1-8(2)10(16-12(14)19)11(18)15-9(6-7-17)13(3,4)5/h8-10,17H,6-7H2,1-5H3,(H,15,18)(H3,14,16,19). The zero-order valence-corrected chi connectivity index (χ0v) is 12.5. The van der Waals surface area contributed by atoms with Crippen LogP contribution in [-0.4, -0.2) is 35.7 Å². The van der Waals surface area contributed by atoms with Crippen LogP contribution in [0.3, 0.4) is 0 Å². The number of nitrogens with one attached hydrogen (secondary N) is 2. The summed E-state index contributed by atoms with van der Waals surface area (Å²) in [5.74, 6) is -0.343. The largest absolute Gasteiger partial charge is 0.396 e. The molecule has 6 nitrogen and oxygen atoms in total. The van der Waals surface area contributed by atoms with E-state index >= 15 is 0 Å². The summed E-state index contributed by atoms with van der Waals surface area (Å²) in [6, 6.07) is -1.55. The van der Waals surface area contributed by atoms with E-state index < -0.39 is 12.1 Å². The SMILES string of the molecule is CC(C)C(NC(N)=O)C(=O)NC(CCO)C(C)(C)C. The smallest absolute Gasteiger partial charge is 0.312 e. The van der Waals surface area contributed by atoms with E-state index in [2.05, 4.69) is 10.6 Å². The fraction of sp³-hybridized carbons (Fsp3) is 0.846. The van der Waals surface area contributed by atoms with Crippen LogP contribution in [0.25, 0.3) is 0 Å². The van der Waals surface area contributed by atoms with Crippen LogP contribution in [0, 0.1) is 11.3 Å². The predicted octanol–water partition coefficient (Wildman–Crippen LogP) is 0.593. The number of nitrogens with two attached hydrogens (primary N) is 1. The van der Waals surface area contributed by atoms with E-state index in [0.717, 1.165) is 0 Å². The van der Waals surface area contributed by atoms with Gasteiger partial charge < -0.3 is 21.5 Å². The van der Waals surface area contributed by atoms with Crippen LogP contribution in [0.2, 0.25) is 0 Å². The van der Waals surface area contributed by atoms with Crippen LogP contribution in [0.1, 0.15) is 41.0 Å². The molecule has 5 N–H and O–H groups in total. The number of carbonyl (C=O) groups is 2. The Labute approximate surface area is 115 Å². The lowest BCUT2D eigenvalue weighted by Gasteiger charge is -2.33. The predicted molar refractivity (Wildman–Crippen MR) is 74.4 cm³/mol. The summed E-state index contributed by atoms with van der Waals surface area (Å²) in [6.45, 7) is 9.62. The van der Waals surface area contributed by atoms with Crippen molar-refractivity contribution in [2.45, 2.75) is 53.1 Å². The van der Waals surface area contributed by atoms with Gasteiger partial charge in [-0.15, -0.1) is 0 Å². The maximum Gasteiger partial charge on any atom is 0.312 e. The van der Waals surface area contributed by atoms with E-state index in [0.29, 0.717) is 6.42 Å². The van der Waals surface area contributed by atoms with Crippen LogP contribution >= 0.6 is 0 Å². The Kier molecular flexibility index (Phi) is 6.83. The van der Waals surface area contributed by atoms with Crippen LogP contribution in [0.15, 0.2) is 0 Å². The van der Waals surface area contributed by atoms with Crippen LogP contribution < -0.4 is 16.4 Å². The van der Waals surface area contributed by atoms with Crippen molar-refractivity contribution >= 4 is 11.9 Å². The highest BCUT2D eigenvalue weighted by molar-refractivity contribution is 5.87. The van der Waals surface area contributed by atoms with Gasteiger partial charge in [0.1, 0.15) is 6.04 Å². The molecular formula is C13H27N3O3. The lowest BCUT2D eigenvalue weighted by Crippen LogP contribution is -2.55. The molecule has 0 heterocycles. The number of rotatable bonds is 6. The van der Waals surface area contributed by atoms with Crippen LogP contribution in [-0.2, 0) is 4.79 Å². The minimum Gasteiger partial charge on any atom is -0.396 e. The minimum atomic E-state index is -0.719. The highest BCUT2D eigenvalue weighted by Crippen LogP contribution is 2.22. The maximum atomic E-state index is 12.2. The molecule has 0 bridgehead atoms. The number of hydrogen-bond acceptors (Lipinski definition) is 3. The second-order valence-electron chi connectivity index (χ2n) is 6.17. The second kappa shape index (κ2) is 7.33. The van der Waals surface area contributed by atoms with Crippen molar-refractivity contribution in [2.75, 3.05) is 6.61 Å². The molecular weight excluding hydrogens is 246 g/mol. The fourth-order valence-electron chi connectivity index (χ4n) is 1.80. The summed E-state index contributed by atoms with van der Waals surface area (Å²) in [7, 11) is 0. The molecule has 0 fully saturated rings. The Morgan fingerprint density at radius 2 is 1.74 bits per heavy atom. The van der Waals surface area contributed by atoms with Gasteiger partial charge in [-0.05, 0) is 17.8 Å². The Balaban J connectivity index is 4.80. The zero-order valence-electron chi connectivity index (χ0n) is 12.5. The van der Waals surface area contributed by atoms with Gasteiger partial charge in [0.25, 0.3) is 0 Å². The van der Waals surface area contributed by atoms with Crippen molar-refractivity contribution in [2.24, 2.45) is 17.1 Å². The monoisotopic (exact) mass is 273 g/mol. The van der Waals surface area contributed by atoms with E-state index in [4.69, 9.17) is 10.8 Å². The van der Waals surface area contributed by atoms with Crippen molar-refractivity contribution in [3.05, 3.63) is 0 Å². The van der Waals surface area contributed by atoms with Gasteiger partial charge in [-0.1, -0.05) is 34.6 Å². The van der Waals surface area contributed by atoms with Crippen LogP contribution in [0.4, 0.5) is 4.79 Å². The molecule has 0 aromatic carbocycles. The highest BCUT2D eigenvalue weighted by Gasteiger charge is 2.30. The average molecular weight is 273 g/mol. The van der Waals surface area contributed by atoms with Gasteiger partial charge in [0.15, 0.2) is 0 Å². The van der Waals surface area contributed by atoms with E-state index in [1.807, 2.05) is 34.6 Å². The first kappa shape index (κ1) is 17.7. The molecule has 3 amide bonds. The molecule has 0 saturated carbocycles. The molecule has 0 radical (unpaired) electrons. The summed E-state index contributed by atoms with van der Waals surface area (Å²) >= 11 is 0. The van der Waals surface area contributed by atoms with E-state index in [1.54, 1.807) is 0 Å². The van der Waals surface area contributed by atoms with Gasteiger partial charge in [0, 0.05) is 12.6 Å². The first-order valence-corrected chi connectivity index (χ1v) is 6.56. The number of hydrogen-bond donors (Lipinski definition) is 4. The summed E-state index contributed by atoms with van der Waals surface area (Å²) < 4.78 is 0. The van der Waals surface area contributed by atoms with E-state index in [1.165, 1.54) is 0 Å². The van der Waals surface area contributed by atoms with Gasteiger partial charge >= 0.3 is 6.03 Å². The van der Waals surface area contributed by atoms with Gasteiger partial charge in [0.05, 0.1) is 0 Å². The molecule has 0 rings (SSSR count). The average Bonchev–Trinajstić information content (AvgIpc) is 2.23. The van der Waals surface area contributed by atoms with Gasteiger partial charge in [0.2, 0.25) is 5.91 Å². The topological polar surface area (TPSA) is 104 Å². The molecule has 6 heteroatoms. The number of urea groups is 1. The first-order valence-electron chi connectivity index (χ1n) is 6.56. The first-order chi connectivity index (χ1) is 8.59. The minimum absolute atomic E-state index is 0.00217. The molecule has 0 aromatic heterocycles. The number of aliphatic hydroxyl groups is 1. The van der Waals surface area contributed by atoms with Gasteiger partial charge in [-0.3, -0.25) is 4.79 Å². The number of aliphatic hydroxyl groups excluding tert-OH is 1. The molecule has 112 valence electrons. The third-order valence-electron chi connectivity index (χ3n) is 3.03. The Morgan fingerprint density at radius 3 is 2.05 bits per heavy atom. The fourth-order valence-corrected chi connectivity index (χ4v) is 1.80. The Bertz CT molecular complexity index is 311. The Morgan fingerprint density at radius 1 is 1.21 bits per heavy atom. The molecule has 0 saturated heterocycles. The number of primary amides is 1. The molecule has 2 unspecified atom stereocenters. The quantitative estimate of drug-likeness (QED) is 0.569. The summed E-state index contributed by atoms with van der Waals surface area (Å²) in [6.07, 6.45) is 0.469. The van der Waals surface area contributed by atoms with Crippen molar-refractivity contribution in [3.63, 3.8) is 0 Å². The molecule has 0 aliphatic heterocycles. The summed E-state index contributed by atoms with van der Waals surface area (Å²) in [5.41, 5.74) is 4.90. The molecule has 0 aliphatic carbocycles.